The first-order chi connectivity index (χ1) is 11.9. The molecular weight excluding hydrogens is 312 g/mol. The number of carbonyl (C=O) groups is 2. The molecule has 1 heterocycles. The Morgan fingerprint density at radius 3 is 2.28 bits per heavy atom. The van der Waals surface area contributed by atoms with Gasteiger partial charge in [0, 0.05) is 6.42 Å². The van der Waals surface area contributed by atoms with Gasteiger partial charge in [0.05, 0.1) is 11.1 Å². The minimum Gasteiger partial charge on any atom is -0.450 e. The summed E-state index contributed by atoms with van der Waals surface area (Å²) < 4.78 is 5.90. The van der Waals surface area contributed by atoms with Crippen LogP contribution in [0.2, 0.25) is 0 Å². The molecular formula is C22H28O3. The molecule has 3 nitrogen and oxygen atoms in total. The molecule has 0 saturated heterocycles. The average molecular weight is 340 g/mol. The lowest BCUT2D eigenvalue weighted by Crippen LogP contribution is -2.31. The Balaban J connectivity index is 2.21. The van der Waals surface area contributed by atoms with E-state index in [4.69, 9.17) is 4.74 Å². The highest BCUT2D eigenvalue weighted by Gasteiger charge is 2.52. The third-order valence-corrected chi connectivity index (χ3v) is 5.57. The van der Waals surface area contributed by atoms with Crippen molar-refractivity contribution in [3.63, 3.8) is 0 Å². The van der Waals surface area contributed by atoms with Crippen LogP contribution in [0.25, 0.3) is 5.57 Å². The van der Waals surface area contributed by atoms with Gasteiger partial charge in [-0.25, -0.2) is 4.79 Å². The SMILES string of the molecule is CCCCC(=O)C1=C(c2c(C)cc(C)cc2C)C(=O)OC12CCCC2. The number of ether oxygens (including phenoxy) is 1. The zero-order chi connectivity index (χ0) is 18.2. The van der Waals surface area contributed by atoms with Crippen molar-refractivity contribution < 1.29 is 14.3 Å². The first-order valence-corrected chi connectivity index (χ1v) is 9.49. The molecule has 1 spiro atoms. The number of rotatable bonds is 5. The van der Waals surface area contributed by atoms with Crippen molar-refractivity contribution in [1.29, 1.82) is 0 Å². The lowest BCUT2D eigenvalue weighted by molar-refractivity contribution is -0.145. The summed E-state index contributed by atoms with van der Waals surface area (Å²) in [4.78, 5) is 26.0. The highest BCUT2D eigenvalue weighted by atomic mass is 16.6. The average Bonchev–Trinajstić information content (AvgIpc) is 3.10. The summed E-state index contributed by atoms with van der Waals surface area (Å²) in [6.07, 6.45) is 5.90. The van der Waals surface area contributed by atoms with E-state index in [2.05, 4.69) is 26.0 Å². The van der Waals surface area contributed by atoms with Gasteiger partial charge >= 0.3 is 5.97 Å². The molecule has 1 saturated carbocycles. The Hall–Kier alpha value is -1.90. The maximum Gasteiger partial charge on any atom is 0.340 e. The number of hydrogen-bond donors (Lipinski definition) is 0. The molecule has 3 heteroatoms. The van der Waals surface area contributed by atoms with Gasteiger partial charge in [-0.05, 0) is 69.6 Å². The summed E-state index contributed by atoms with van der Waals surface area (Å²) in [5.41, 5.74) is 4.69. The van der Waals surface area contributed by atoms with Crippen LogP contribution in [-0.2, 0) is 14.3 Å². The summed E-state index contributed by atoms with van der Waals surface area (Å²) in [6.45, 7) is 8.17. The molecule has 0 unspecified atom stereocenters. The predicted octanol–water partition coefficient (Wildman–Crippen LogP) is 4.99. The molecule has 3 rings (SSSR count). The van der Waals surface area contributed by atoms with Crippen LogP contribution in [0.5, 0.6) is 0 Å². The summed E-state index contributed by atoms with van der Waals surface area (Å²) in [5, 5.41) is 0. The molecule has 1 aliphatic carbocycles. The second-order valence-electron chi connectivity index (χ2n) is 7.64. The molecule has 1 aliphatic heterocycles. The largest absolute Gasteiger partial charge is 0.450 e. The van der Waals surface area contributed by atoms with Crippen LogP contribution in [0.4, 0.5) is 0 Å². The van der Waals surface area contributed by atoms with Gasteiger partial charge in [-0.2, -0.15) is 0 Å². The fourth-order valence-corrected chi connectivity index (χ4v) is 4.56. The molecule has 1 aromatic carbocycles. The van der Waals surface area contributed by atoms with Gasteiger partial charge in [0.15, 0.2) is 5.78 Å². The van der Waals surface area contributed by atoms with Gasteiger partial charge in [0.25, 0.3) is 0 Å². The van der Waals surface area contributed by atoms with E-state index >= 15 is 0 Å². The number of unbranched alkanes of at least 4 members (excludes halogenated alkanes) is 1. The van der Waals surface area contributed by atoms with Crippen molar-refractivity contribution in [2.24, 2.45) is 0 Å². The molecule has 0 amide bonds. The Bertz CT molecular complexity index is 726. The normalized spacial score (nSPS) is 19.0. The maximum atomic E-state index is 13.1. The van der Waals surface area contributed by atoms with Crippen LogP contribution in [-0.4, -0.2) is 17.4 Å². The number of hydrogen-bond acceptors (Lipinski definition) is 3. The van der Waals surface area contributed by atoms with Crippen LogP contribution in [0.15, 0.2) is 17.7 Å². The van der Waals surface area contributed by atoms with Crippen molar-refractivity contribution in [3.8, 4) is 0 Å². The molecule has 25 heavy (non-hydrogen) atoms. The van der Waals surface area contributed by atoms with Gasteiger partial charge in [-0.3, -0.25) is 4.79 Å². The van der Waals surface area contributed by atoms with Crippen LogP contribution in [0.3, 0.4) is 0 Å². The molecule has 1 aromatic rings. The summed E-state index contributed by atoms with van der Waals surface area (Å²) in [7, 11) is 0. The number of Topliss-reactive ketones (excluding diaryl/α,β-unsaturated/α-hetero) is 1. The first-order valence-electron chi connectivity index (χ1n) is 9.49. The molecule has 2 aliphatic rings. The number of ketones is 1. The Morgan fingerprint density at radius 2 is 1.72 bits per heavy atom. The zero-order valence-electron chi connectivity index (χ0n) is 15.8. The molecule has 0 radical (unpaired) electrons. The van der Waals surface area contributed by atoms with Gasteiger partial charge in [0.2, 0.25) is 0 Å². The predicted molar refractivity (Wildman–Crippen MR) is 99.4 cm³/mol. The first kappa shape index (κ1) is 17.9. The third kappa shape index (κ3) is 3.05. The Kier molecular flexibility index (Phi) is 4.86. The van der Waals surface area contributed by atoms with E-state index in [1.165, 1.54) is 5.56 Å². The van der Waals surface area contributed by atoms with E-state index in [1.807, 2.05) is 13.8 Å². The molecule has 1 fully saturated rings. The lowest BCUT2D eigenvalue weighted by atomic mass is 9.82. The summed E-state index contributed by atoms with van der Waals surface area (Å²) in [5.74, 6) is -0.208. The van der Waals surface area contributed by atoms with E-state index in [-0.39, 0.29) is 11.8 Å². The molecule has 0 N–H and O–H groups in total. The minimum atomic E-state index is -0.666. The van der Waals surface area contributed by atoms with Crippen molar-refractivity contribution in [2.75, 3.05) is 0 Å². The fourth-order valence-electron chi connectivity index (χ4n) is 4.56. The van der Waals surface area contributed by atoms with Crippen molar-refractivity contribution in [2.45, 2.75) is 78.2 Å². The summed E-state index contributed by atoms with van der Waals surface area (Å²) in [6, 6.07) is 4.16. The molecule has 134 valence electrons. The highest BCUT2D eigenvalue weighted by molar-refractivity contribution is 6.28. The van der Waals surface area contributed by atoms with E-state index in [0.717, 1.165) is 55.2 Å². The number of aryl methyl sites for hydroxylation is 3. The van der Waals surface area contributed by atoms with E-state index in [9.17, 15) is 9.59 Å². The van der Waals surface area contributed by atoms with Crippen LogP contribution in [0, 0.1) is 20.8 Å². The quantitative estimate of drug-likeness (QED) is 0.709. The zero-order valence-corrected chi connectivity index (χ0v) is 15.8. The maximum absolute atomic E-state index is 13.1. The van der Waals surface area contributed by atoms with Gasteiger partial charge in [0.1, 0.15) is 5.60 Å². The lowest BCUT2D eigenvalue weighted by Gasteiger charge is -2.25. The van der Waals surface area contributed by atoms with Crippen molar-refractivity contribution in [1.82, 2.24) is 0 Å². The van der Waals surface area contributed by atoms with Crippen LogP contribution >= 0.6 is 0 Å². The molecule has 0 bridgehead atoms. The standard InChI is InChI=1S/C22H28O3/c1-5-6-9-17(23)20-19(18-15(3)12-14(2)13-16(18)4)21(24)25-22(20)10-7-8-11-22/h12-13H,5-11H2,1-4H3. The monoisotopic (exact) mass is 340 g/mol. The Labute approximate surface area is 150 Å². The topological polar surface area (TPSA) is 43.4 Å². The second-order valence-corrected chi connectivity index (χ2v) is 7.64. The molecule has 0 atom stereocenters. The number of benzene rings is 1. The van der Waals surface area contributed by atoms with E-state index in [1.54, 1.807) is 0 Å². The summed E-state index contributed by atoms with van der Waals surface area (Å²) >= 11 is 0. The van der Waals surface area contributed by atoms with E-state index < -0.39 is 5.60 Å². The fraction of sp³-hybridized carbons (Fsp3) is 0.545. The van der Waals surface area contributed by atoms with Crippen molar-refractivity contribution in [3.05, 3.63) is 40.0 Å². The molecule has 0 aromatic heterocycles. The van der Waals surface area contributed by atoms with E-state index in [0.29, 0.717) is 17.6 Å². The van der Waals surface area contributed by atoms with Crippen LogP contribution in [0.1, 0.15) is 74.1 Å². The van der Waals surface area contributed by atoms with Gasteiger partial charge in [-0.1, -0.05) is 31.0 Å². The number of esters is 1. The smallest absolute Gasteiger partial charge is 0.340 e. The van der Waals surface area contributed by atoms with Gasteiger partial charge < -0.3 is 4.74 Å². The highest BCUT2D eigenvalue weighted by Crippen LogP contribution is 2.49. The second kappa shape index (κ2) is 6.78. The van der Waals surface area contributed by atoms with Crippen molar-refractivity contribution >= 4 is 17.3 Å². The van der Waals surface area contributed by atoms with Gasteiger partial charge in [-0.15, -0.1) is 0 Å². The number of carbonyl (C=O) groups excluding carboxylic acids is 2. The third-order valence-electron chi connectivity index (χ3n) is 5.57. The minimum absolute atomic E-state index is 0.101. The van der Waals surface area contributed by atoms with Crippen LogP contribution < -0.4 is 0 Å². The Morgan fingerprint density at radius 1 is 1.12 bits per heavy atom.